The SMILES string of the molecule is C=CCCC(C)N=C(C)c1ccc(NCc2cnc3c(n2)C(=C)CC(C)N3)cc1. The van der Waals surface area contributed by atoms with Crippen LogP contribution in [0.15, 0.2) is 54.7 Å². The van der Waals surface area contributed by atoms with Crippen LogP contribution >= 0.6 is 0 Å². The van der Waals surface area contributed by atoms with Crippen molar-refractivity contribution < 1.29 is 0 Å². The number of aromatic nitrogens is 2. The first-order valence-electron chi connectivity index (χ1n) is 10.3. The summed E-state index contributed by atoms with van der Waals surface area (Å²) in [5.74, 6) is 0.832. The Morgan fingerprint density at radius 1 is 1.38 bits per heavy atom. The lowest BCUT2D eigenvalue weighted by atomic mass is 10.0. The van der Waals surface area contributed by atoms with Gasteiger partial charge in [-0.1, -0.05) is 24.8 Å². The maximum absolute atomic E-state index is 4.78. The third kappa shape index (κ3) is 5.53. The molecular formula is C24H31N5. The van der Waals surface area contributed by atoms with Crippen molar-refractivity contribution in [3.05, 3.63) is 66.6 Å². The van der Waals surface area contributed by atoms with Gasteiger partial charge in [0.05, 0.1) is 18.4 Å². The van der Waals surface area contributed by atoms with Gasteiger partial charge in [0, 0.05) is 23.5 Å². The Morgan fingerprint density at radius 2 is 2.14 bits per heavy atom. The van der Waals surface area contributed by atoms with E-state index in [1.165, 1.54) is 0 Å². The number of fused-ring (bicyclic) bond motifs is 1. The minimum atomic E-state index is 0.306. The van der Waals surface area contributed by atoms with E-state index in [0.717, 1.165) is 59.0 Å². The first-order chi connectivity index (χ1) is 14.0. The van der Waals surface area contributed by atoms with Crippen LogP contribution in [-0.2, 0) is 6.54 Å². The Bertz CT molecular complexity index is 898. The second-order valence-corrected chi connectivity index (χ2v) is 7.77. The van der Waals surface area contributed by atoms with Gasteiger partial charge in [-0.05, 0) is 63.3 Å². The normalized spacial score (nSPS) is 17.3. The third-order valence-electron chi connectivity index (χ3n) is 5.07. The van der Waals surface area contributed by atoms with Crippen LogP contribution in [0, 0.1) is 0 Å². The molecule has 29 heavy (non-hydrogen) atoms. The largest absolute Gasteiger partial charge is 0.379 e. The van der Waals surface area contributed by atoms with Gasteiger partial charge in [-0.25, -0.2) is 9.97 Å². The van der Waals surface area contributed by atoms with Gasteiger partial charge < -0.3 is 10.6 Å². The van der Waals surface area contributed by atoms with Crippen molar-refractivity contribution in [2.45, 2.75) is 58.7 Å². The van der Waals surface area contributed by atoms with E-state index in [4.69, 9.17) is 9.98 Å². The third-order valence-corrected chi connectivity index (χ3v) is 5.07. The minimum absolute atomic E-state index is 0.306. The molecule has 2 unspecified atom stereocenters. The molecule has 2 atom stereocenters. The summed E-state index contributed by atoms with van der Waals surface area (Å²) in [6.45, 7) is 14.9. The van der Waals surface area contributed by atoms with Crippen molar-refractivity contribution in [1.82, 2.24) is 9.97 Å². The van der Waals surface area contributed by atoms with Gasteiger partial charge in [-0.15, -0.1) is 6.58 Å². The molecule has 1 aromatic carbocycles. The number of benzene rings is 1. The molecule has 0 radical (unpaired) electrons. The summed E-state index contributed by atoms with van der Waals surface area (Å²) in [5.41, 5.74) is 6.09. The Balaban J connectivity index is 1.61. The highest BCUT2D eigenvalue weighted by Gasteiger charge is 2.20. The van der Waals surface area contributed by atoms with Crippen LogP contribution in [0.4, 0.5) is 11.5 Å². The molecule has 0 aliphatic carbocycles. The molecule has 0 fully saturated rings. The standard InChI is InChI=1S/C24H31N5/c1-6-7-8-17(3)27-19(5)20-9-11-21(12-10-20)25-14-22-15-26-24-23(29-22)16(2)13-18(4)28-24/h6,9-12,15,17-18,25H,1-2,7-8,13-14H2,3-5H3,(H,26,28). The second kappa shape index (κ2) is 9.50. The predicted molar refractivity (Wildman–Crippen MR) is 124 cm³/mol. The number of nitrogens with one attached hydrogen (secondary N) is 2. The fraction of sp³-hybridized carbons (Fsp3) is 0.375. The zero-order chi connectivity index (χ0) is 20.8. The van der Waals surface area contributed by atoms with E-state index in [1.807, 2.05) is 12.3 Å². The number of hydrogen-bond donors (Lipinski definition) is 2. The molecule has 2 aromatic rings. The fourth-order valence-electron chi connectivity index (χ4n) is 3.46. The topological polar surface area (TPSA) is 62.2 Å². The van der Waals surface area contributed by atoms with Gasteiger partial charge in [-0.3, -0.25) is 4.99 Å². The van der Waals surface area contributed by atoms with Crippen LogP contribution in [0.2, 0.25) is 0 Å². The number of anilines is 2. The molecule has 152 valence electrons. The Hall–Kier alpha value is -2.95. The summed E-state index contributed by atoms with van der Waals surface area (Å²) in [7, 11) is 0. The minimum Gasteiger partial charge on any atom is -0.379 e. The highest BCUT2D eigenvalue weighted by atomic mass is 15.1. The number of rotatable bonds is 8. The summed E-state index contributed by atoms with van der Waals surface area (Å²) < 4.78 is 0. The molecule has 0 spiro atoms. The van der Waals surface area contributed by atoms with Crippen LogP contribution in [0.3, 0.4) is 0 Å². The predicted octanol–water partition coefficient (Wildman–Crippen LogP) is 5.47. The zero-order valence-electron chi connectivity index (χ0n) is 17.7. The van der Waals surface area contributed by atoms with Crippen molar-refractivity contribution in [3.8, 4) is 0 Å². The van der Waals surface area contributed by atoms with E-state index in [-0.39, 0.29) is 0 Å². The van der Waals surface area contributed by atoms with E-state index in [2.05, 4.69) is 73.8 Å². The lowest BCUT2D eigenvalue weighted by Crippen LogP contribution is -2.23. The van der Waals surface area contributed by atoms with E-state index < -0.39 is 0 Å². The summed E-state index contributed by atoms with van der Waals surface area (Å²) in [6, 6.07) is 9.03. The highest BCUT2D eigenvalue weighted by molar-refractivity contribution is 5.99. The maximum Gasteiger partial charge on any atom is 0.152 e. The van der Waals surface area contributed by atoms with Crippen LogP contribution in [0.1, 0.15) is 57.0 Å². The smallest absolute Gasteiger partial charge is 0.152 e. The van der Waals surface area contributed by atoms with E-state index in [0.29, 0.717) is 18.6 Å². The van der Waals surface area contributed by atoms with Crippen molar-refractivity contribution >= 4 is 22.8 Å². The summed E-state index contributed by atoms with van der Waals surface area (Å²) >= 11 is 0. The molecule has 3 rings (SSSR count). The second-order valence-electron chi connectivity index (χ2n) is 7.77. The molecule has 2 N–H and O–H groups in total. The summed E-state index contributed by atoms with van der Waals surface area (Å²) in [5, 5.41) is 6.78. The molecule has 0 saturated heterocycles. The molecule has 0 amide bonds. The molecule has 1 aliphatic rings. The van der Waals surface area contributed by atoms with Crippen molar-refractivity contribution in [1.29, 1.82) is 0 Å². The van der Waals surface area contributed by atoms with Crippen molar-refractivity contribution in [2.75, 3.05) is 10.6 Å². The molecule has 5 heteroatoms. The summed E-state index contributed by atoms with van der Waals surface area (Å²) in [6.07, 6.45) is 6.69. The summed E-state index contributed by atoms with van der Waals surface area (Å²) in [4.78, 5) is 14.0. The Kier molecular flexibility index (Phi) is 6.81. The average Bonchev–Trinajstić information content (AvgIpc) is 2.71. The maximum atomic E-state index is 4.78. The molecule has 1 aromatic heterocycles. The Labute approximate surface area is 174 Å². The zero-order valence-corrected chi connectivity index (χ0v) is 17.7. The number of hydrogen-bond acceptors (Lipinski definition) is 5. The van der Waals surface area contributed by atoms with Crippen molar-refractivity contribution in [3.63, 3.8) is 0 Å². The quantitative estimate of drug-likeness (QED) is 0.464. The number of allylic oxidation sites excluding steroid dienone is 1. The Morgan fingerprint density at radius 3 is 2.86 bits per heavy atom. The van der Waals surface area contributed by atoms with Crippen molar-refractivity contribution in [2.24, 2.45) is 4.99 Å². The molecule has 5 nitrogen and oxygen atoms in total. The molecular weight excluding hydrogens is 358 g/mol. The molecule has 0 bridgehead atoms. The first-order valence-corrected chi connectivity index (χ1v) is 10.3. The monoisotopic (exact) mass is 389 g/mol. The van der Waals surface area contributed by atoms with Gasteiger partial charge in [0.25, 0.3) is 0 Å². The van der Waals surface area contributed by atoms with Crippen LogP contribution in [0.5, 0.6) is 0 Å². The highest BCUT2D eigenvalue weighted by Crippen LogP contribution is 2.29. The first kappa shape index (κ1) is 20.8. The number of nitrogens with zero attached hydrogens (tertiary/aromatic N) is 3. The van der Waals surface area contributed by atoms with Crippen LogP contribution < -0.4 is 10.6 Å². The lowest BCUT2D eigenvalue weighted by molar-refractivity contribution is 0.679. The number of aliphatic imine (C=N–C) groups is 1. The van der Waals surface area contributed by atoms with Gasteiger partial charge in [0.1, 0.15) is 5.69 Å². The molecule has 0 saturated carbocycles. The van der Waals surface area contributed by atoms with Crippen LogP contribution in [0.25, 0.3) is 5.57 Å². The molecule has 1 aliphatic heterocycles. The van der Waals surface area contributed by atoms with Gasteiger partial charge in [-0.2, -0.15) is 0 Å². The lowest BCUT2D eigenvalue weighted by Gasteiger charge is -2.24. The fourth-order valence-corrected chi connectivity index (χ4v) is 3.46. The average molecular weight is 390 g/mol. The van der Waals surface area contributed by atoms with E-state index >= 15 is 0 Å². The van der Waals surface area contributed by atoms with Gasteiger partial charge in [0.15, 0.2) is 5.82 Å². The van der Waals surface area contributed by atoms with E-state index in [9.17, 15) is 0 Å². The molecule has 2 heterocycles. The van der Waals surface area contributed by atoms with E-state index in [1.54, 1.807) is 0 Å². The van der Waals surface area contributed by atoms with Gasteiger partial charge in [0.2, 0.25) is 0 Å². The van der Waals surface area contributed by atoms with Crippen LogP contribution in [-0.4, -0.2) is 27.8 Å². The van der Waals surface area contributed by atoms with Gasteiger partial charge >= 0.3 is 0 Å².